The zero-order valence-electron chi connectivity index (χ0n) is 5.93. The summed E-state index contributed by atoms with van der Waals surface area (Å²) >= 11 is 23.3. The zero-order valence-corrected chi connectivity index (χ0v) is 8.95. The van der Waals surface area contributed by atoms with E-state index in [1.165, 1.54) is 10.7 Å². The second kappa shape index (κ2) is 3.17. The lowest BCUT2D eigenvalue weighted by Crippen LogP contribution is -1.89. The van der Waals surface area contributed by atoms with E-state index in [-0.39, 0.29) is 20.2 Å². The van der Waals surface area contributed by atoms with Gasteiger partial charge < -0.3 is 0 Å². The molecule has 0 atom stereocenters. The Morgan fingerprint density at radius 1 is 1.00 bits per heavy atom. The average Bonchev–Trinajstić information content (AvgIpc) is 2.59. The second-order valence-electron chi connectivity index (χ2n) is 2.26. The Morgan fingerprint density at radius 3 is 2.38 bits per heavy atom. The fraction of sp³-hybridized carbons (Fsp3) is 0. The van der Waals surface area contributed by atoms with E-state index in [0.29, 0.717) is 5.65 Å². The highest BCUT2D eigenvalue weighted by Crippen LogP contribution is 2.37. The number of aromatic nitrogens is 3. The zero-order chi connectivity index (χ0) is 9.59. The third-order valence-electron chi connectivity index (χ3n) is 1.52. The minimum absolute atomic E-state index is 0.189. The van der Waals surface area contributed by atoms with E-state index >= 15 is 0 Å². The number of rotatable bonds is 0. The van der Waals surface area contributed by atoms with Gasteiger partial charge in [-0.05, 0) is 0 Å². The van der Waals surface area contributed by atoms with Crippen LogP contribution in [0, 0.1) is 0 Å². The number of nitrogens with zero attached hydrogens (tertiary/aromatic N) is 3. The molecule has 0 bridgehead atoms. The van der Waals surface area contributed by atoms with Crippen LogP contribution in [0.25, 0.3) is 5.65 Å². The molecule has 2 rings (SSSR count). The second-order valence-corrected chi connectivity index (χ2v) is 3.75. The molecule has 0 N–H and O–H groups in total. The monoisotopic (exact) mass is 255 g/mol. The quantitative estimate of drug-likeness (QED) is 0.677. The van der Waals surface area contributed by atoms with Crippen LogP contribution in [0.4, 0.5) is 0 Å². The van der Waals surface area contributed by atoms with Crippen molar-refractivity contribution in [1.29, 1.82) is 0 Å². The third-order valence-corrected chi connectivity index (χ3v) is 3.29. The summed E-state index contributed by atoms with van der Waals surface area (Å²) in [5.41, 5.74) is 0.390. The molecule has 3 nitrogen and oxygen atoms in total. The molecule has 0 unspecified atom stereocenters. The van der Waals surface area contributed by atoms with E-state index < -0.39 is 0 Å². The Hall–Kier alpha value is -0.220. The van der Waals surface area contributed by atoms with E-state index in [2.05, 4.69) is 10.2 Å². The predicted octanol–water partition coefficient (Wildman–Crippen LogP) is 3.34. The summed E-state index contributed by atoms with van der Waals surface area (Å²) in [6.45, 7) is 0. The Balaban J connectivity index is 3.02. The lowest BCUT2D eigenvalue weighted by Gasteiger charge is -2.03. The van der Waals surface area contributed by atoms with E-state index in [1.807, 2.05) is 0 Å². The molecule has 2 aromatic heterocycles. The average molecular weight is 257 g/mol. The standard InChI is InChI=1S/C6HCl4N3/c7-2-3(8)5(10)13-1-11-12-6(13)4(2)9/h1H. The van der Waals surface area contributed by atoms with Crippen molar-refractivity contribution in [2.45, 2.75) is 0 Å². The molecule has 0 fully saturated rings. The number of halogens is 4. The van der Waals surface area contributed by atoms with Gasteiger partial charge in [-0.3, -0.25) is 4.40 Å². The van der Waals surface area contributed by atoms with E-state index in [0.717, 1.165) is 0 Å². The van der Waals surface area contributed by atoms with Gasteiger partial charge in [-0.2, -0.15) is 0 Å². The minimum atomic E-state index is 0.189. The van der Waals surface area contributed by atoms with Crippen LogP contribution < -0.4 is 0 Å². The molecule has 0 aliphatic heterocycles. The molecular weight excluding hydrogens is 256 g/mol. The summed E-state index contributed by atoms with van der Waals surface area (Å²) < 4.78 is 1.46. The van der Waals surface area contributed by atoms with Crippen LogP contribution in [0.3, 0.4) is 0 Å². The molecule has 0 radical (unpaired) electrons. The summed E-state index contributed by atoms with van der Waals surface area (Å²) in [6, 6.07) is 0. The highest BCUT2D eigenvalue weighted by atomic mass is 35.5. The smallest absolute Gasteiger partial charge is 0.182 e. The first-order valence-corrected chi connectivity index (χ1v) is 4.66. The van der Waals surface area contributed by atoms with Gasteiger partial charge in [0.15, 0.2) is 5.65 Å². The van der Waals surface area contributed by atoms with Crippen molar-refractivity contribution in [3.05, 3.63) is 26.5 Å². The Kier molecular flexibility index (Phi) is 2.28. The van der Waals surface area contributed by atoms with Crippen molar-refractivity contribution < 1.29 is 0 Å². The first-order valence-electron chi connectivity index (χ1n) is 3.14. The van der Waals surface area contributed by atoms with Crippen LogP contribution in [0.15, 0.2) is 6.33 Å². The maximum absolute atomic E-state index is 5.85. The van der Waals surface area contributed by atoms with Crippen molar-refractivity contribution in [3.8, 4) is 0 Å². The molecule has 0 saturated heterocycles. The fourth-order valence-electron chi connectivity index (χ4n) is 0.919. The topological polar surface area (TPSA) is 30.2 Å². The van der Waals surface area contributed by atoms with Crippen molar-refractivity contribution in [3.63, 3.8) is 0 Å². The van der Waals surface area contributed by atoms with Crippen LogP contribution >= 0.6 is 46.4 Å². The van der Waals surface area contributed by atoms with Crippen LogP contribution in [0.2, 0.25) is 20.2 Å². The molecule has 0 spiro atoms. The first kappa shape index (κ1) is 9.34. The van der Waals surface area contributed by atoms with Crippen molar-refractivity contribution in [2.75, 3.05) is 0 Å². The minimum Gasteiger partial charge on any atom is -0.269 e. The molecular formula is C6HCl4N3. The molecule has 13 heavy (non-hydrogen) atoms. The molecule has 0 aromatic carbocycles. The molecule has 2 aromatic rings. The van der Waals surface area contributed by atoms with Gasteiger partial charge in [-0.25, -0.2) is 0 Å². The summed E-state index contributed by atoms with van der Waals surface area (Å²) in [5.74, 6) is 0. The maximum atomic E-state index is 5.85. The van der Waals surface area contributed by atoms with Gasteiger partial charge >= 0.3 is 0 Å². The van der Waals surface area contributed by atoms with Gasteiger partial charge in [0.05, 0.1) is 10.0 Å². The molecule has 0 aliphatic carbocycles. The molecule has 68 valence electrons. The van der Waals surface area contributed by atoms with Gasteiger partial charge in [0.1, 0.15) is 16.5 Å². The Bertz CT molecular complexity index is 436. The van der Waals surface area contributed by atoms with Gasteiger partial charge in [0.2, 0.25) is 0 Å². The van der Waals surface area contributed by atoms with Gasteiger partial charge in [-0.15, -0.1) is 10.2 Å². The molecule has 0 saturated carbocycles. The van der Waals surface area contributed by atoms with Gasteiger partial charge in [0.25, 0.3) is 0 Å². The largest absolute Gasteiger partial charge is 0.269 e. The van der Waals surface area contributed by atoms with E-state index in [9.17, 15) is 0 Å². The lowest BCUT2D eigenvalue weighted by molar-refractivity contribution is 1.10. The summed E-state index contributed by atoms with van der Waals surface area (Å²) in [4.78, 5) is 0. The SMILES string of the molecule is Clc1c(Cl)c(Cl)n2cnnc2c1Cl. The number of hydrogen-bond acceptors (Lipinski definition) is 2. The normalized spacial score (nSPS) is 11.1. The highest BCUT2D eigenvalue weighted by Gasteiger charge is 2.15. The lowest BCUT2D eigenvalue weighted by atomic mass is 10.4. The van der Waals surface area contributed by atoms with E-state index in [4.69, 9.17) is 46.4 Å². The number of hydrogen-bond donors (Lipinski definition) is 0. The van der Waals surface area contributed by atoms with Crippen molar-refractivity contribution in [2.24, 2.45) is 0 Å². The van der Waals surface area contributed by atoms with Crippen molar-refractivity contribution in [1.82, 2.24) is 14.6 Å². The summed E-state index contributed by atoms with van der Waals surface area (Å²) in [7, 11) is 0. The Labute approximate surface area is 93.2 Å². The fourth-order valence-corrected chi connectivity index (χ4v) is 1.82. The molecule has 7 heteroatoms. The van der Waals surface area contributed by atoms with Crippen LogP contribution in [0.5, 0.6) is 0 Å². The molecule has 0 amide bonds. The first-order chi connectivity index (χ1) is 6.13. The molecule has 2 heterocycles. The van der Waals surface area contributed by atoms with Crippen LogP contribution in [-0.2, 0) is 0 Å². The summed E-state index contributed by atoms with van der Waals surface area (Å²) in [5, 5.41) is 8.24. The third kappa shape index (κ3) is 1.27. The summed E-state index contributed by atoms with van der Waals surface area (Å²) in [6.07, 6.45) is 1.41. The van der Waals surface area contributed by atoms with Crippen LogP contribution in [0.1, 0.15) is 0 Å². The van der Waals surface area contributed by atoms with E-state index in [1.54, 1.807) is 0 Å². The van der Waals surface area contributed by atoms with Crippen LogP contribution in [-0.4, -0.2) is 14.6 Å². The Morgan fingerprint density at radius 2 is 1.69 bits per heavy atom. The number of pyridine rings is 1. The highest BCUT2D eigenvalue weighted by molar-refractivity contribution is 6.52. The van der Waals surface area contributed by atoms with Gasteiger partial charge in [-0.1, -0.05) is 46.4 Å². The van der Waals surface area contributed by atoms with Crippen molar-refractivity contribution >= 4 is 52.1 Å². The number of fused-ring (bicyclic) bond motifs is 1. The predicted molar refractivity (Wildman–Crippen MR) is 53.0 cm³/mol. The maximum Gasteiger partial charge on any atom is 0.182 e. The van der Waals surface area contributed by atoms with Gasteiger partial charge in [0, 0.05) is 0 Å². The molecule has 0 aliphatic rings.